The first-order valence-electron chi connectivity index (χ1n) is 27.6. The van der Waals surface area contributed by atoms with Crippen LogP contribution in [0, 0.1) is 0 Å². The number of hydrogen-bond acceptors (Lipinski definition) is 5. The van der Waals surface area contributed by atoms with E-state index in [1.165, 1.54) is 199 Å². The van der Waals surface area contributed by atoms with Gasteiger partial charge in [0, 0.05) is 12.8 Å². The Bertz CT molecular complexity index is 966. The second-order valence-corrected chi connectivity index (χ2v) is 18.9. The molecule has 0 aliphatic carbocycles. The summed E-state index contributed by atoms with van der Waals surface area (Å²) in [5.74, 6) is -0.0628. The molecule has 6 nitrogen and oxygen atoms in total. The van der Waals surface area contributed by atoms with Gasteiger partial charge >= 0.3 is 5.97 Å². The summed E-state index contributed by atoms with van der Waals surface area (Å²) in [6, 6.07) is -0.553. The van der Waals surface area contributed by atoms with Crippen LogP contribution in [-0.4, -0.2) is 47.4 Å². The largest absolute Gasteiger partial charge is 0.466 e. The molecule has 0 aromatic heterocycles. The van der Waals surface area contributed by atoms with E-state index in [-0.39, 0.29) is 18.5 Å². The van der Waals surface area contributed by atoms with Gasteiger partial charge in [0.25, 0.3) is 0 Å². The third-order valence-corrected chi connectivity index (χ3v) is 12.8. The van der Waals surface area contributed by atoms with Crippen molar-refractivity contribution in [2.75, 3.05) is 13.2 Å². The van der Waals surface area contributed by atoms with E-state index >= 15 is 0 Å². The predicted molar refractivity (Wildman–Crippen MR) is 269 cm³/mol. The summed E-state index contributed by atoms with van der Waals surface area (Å²) in [6.07, 6.45) is 61.5. The topological polar surface area (TPSA) is 95.9 Å². The van der Waals surface area contributed by atoms with Gasteiger partial charge < -0.3 is 20.3 Å². The summed E-state index contributed by atoms with van der Waals surface area (Å²) < 4.78 is 5.48. The van der Waals surface area contributed by atoms with Gasteiger partial charge in [-0.15, -0.1) is 0 Å². The first kappa shape index (κ1) is 60.3. The summed E-state index contributed by atoms with van der Waals surface area (Å²) in [7, 11) is 0. The monoisotopic (exact) mass is 874 g/mol. The molecule has 6 heteroatoms. The summed E-state index contributed by atoms with van der Waals surface area (Å²) in [5, 5.41) is 23.2. The van der Waals surface area contributed by atoms with E-state index in [0.29, 0.717) is 25.9 Å². The van der Waals surface area contributed by atoms with Crippen LogP contribution >= 0.6 is 0 Å². The number of carbonyl (C=O) groups excluding carboxylic acids is 2. The maximum absolute atomic E-state index is 12.5. The van der Waals surface area contributed by atoms with E-state index in [1.807, 2.05) is 0 Å². The molecule has 3 N–H and O–H groups in total. The minimum Gasteiger partial charge on any atom is -0.466 e. The van der Waals surface area contributed by atoms with E-state index in [4.69, 9.17) is 4.74 Å². The number of aliphatic hydroxyl groups excluding tert-OH is 2. The standard InChI is InChI=1S/C56H107NO5/c1-3-5-7-9-11-13-15-17-19-20-21-22-23-25-30-34-38-42-46-50-56(61)62-51-47-43-39-35-31-27-26-29-33-37-41-45-49-55(60)57-53(52-58)54(59)48-44-40-36-32-28-24-18-16-14-12-10-8-6-4-2/h11,13,17,19,53-54,58-59H,3-10,12,14-16,18,20-52H2,1-2H3,(H,57,60)/b13-11-,19-17-. The molecule has 0 aromatic rings. The van der Waals surface area contributed by atoms with Crippen LogP contribution in [0.25, 0.3) is 0 Å². The highest BCUT2D eigenvalue weighted by atomic mass is 16.5. The van der Waals surface area contributed by atoms with E-state index in [0.717, 1.165) is 64.2 Å². The van der Waals surface area contributed by atoms with Crippen LogP contribution in [0.15, 0.2) is 24.3 Å². The molecule has 0 rings (SSSR count). The van der Waals surface area contributed by atoms with E-state index in [1.54, 1.807) is 0 Å². The van der Waals surface area contributed by atoms with Gasteiger partial charge in [-0.2, -0.15) is 0 Å². The van der Waals surface area contributed by atoms with Gasteiger partial charge in [0.15, 0.2) is 0 Å². The lowest BCUT2D eigenvalue weighted by Crippen LogP contribution is -2.45. The Balaban J connectivity index is 3.44. The highest BCUT2D eigenvalue weighted by molar-refractivity contribution is 5.76. The molecule has 366 valence electrons. The Morgan fingerprint density at radius 3 is 1.26 bits per heavy atom. The molecule has 0 saturated heterocycles. The smallest absolute Gasteiger partial charge is 0.305 e. The molecule has 0 radical (unpaired) electrons. The lowest BCUT2D eigenvalue weighted by Gasteiger charge is -2.22. The molecule has 1 amide bonds. The Hall–Kier alpha value is -1.66. The summed E-state index contributed by atoms with van der Waals surface area (Å²) in [4.78, 5) is 24.5. The van der Waals surface area contributed by atoms with Crippen molar-refractivity contribution >= 4 is 11.9 Å². The number of rotatable bonds is 51. The Morgan fingerprint density at radius 1 is 0.452 bits per heavy atom. The first-order valence-corrected chi connectivity index (χ1v) is 27.6. The predicted octanol–water partition coefficient (Wildman–Crippen LogP) is 16.7. The zero-order valence-electron chi connectivity index (χ0n) is 41.6. The van der Waals surface area contributed by atoms with Crippen LogP contribution in [0.3, 0.4) is 0 Å². The van der Waals surface area contributed by atoms with Crippen molar-refractivity contribution in [3.63, 3.8) is 0 Å². The molecular formula is C56H107NO5. The van der Waals surface area contributed by atoms with Crippen LogP contribution in [0.1, 0.15) is 296 Å². The molecule has 0 saturated carbocycles. The van der Waals surface area contributed by atoms with Gasteiger partial charge in [-0.1, -0.05) is 250 Å². The van der Waals surface area contributed by atoms with Crippen molar-refractivity contribution in [2.45, 2.75) is 309 Å². The zero-order chi connectivity index (χ0) is 45.1. The van der Waals surface area contributed by atoms with Gasteiger partial charge in [-0.3, -0.25) is 9.59 Å². The van der Waals surface area contributed by atoms with Gasteiger partial charge in [0.1, 0.15) is 0 Å². The molecule has 0 aliphatic rings. The minimum absolute atomic E-state index is 0.0128. The number of hydrogen-bond donors (Lipinski definition) is 3. The van der Waals surface area contributed by atoms with Crippen molar-refractivity contribution in [1.82, 2.24) is 5.32 Å². The number of esters is 1. The number of unbranched alkanes of at least 4 members (excludes halogenated alkanes) is 36. The molecule has 0 heterocycles. The average molecular weight is 874 g/mol. The molecule has 0 fully saturated rings. The molecule has 0 spiro atoms. The van der Waals surface area contributed by atoms with Crippen molar-refractivity contribution in [3.05, 3.63) is 24.3 Å². The lowest BCUT2D eigenvalue weighted by atomic mass is 10.0. The third-order valence-electron chi connectivity index (χ3n) is 12.8. The van der Waals surface area contributed by atoms with Gasteiger partial charge in [0.2, 0.25) is 5.91 Å². The maximum atomic E-state index is 12.5. The number of aliphatic hydroxyl groups is 2. The minimum atomic E-state index is -0.674. The van der Waals surface area contributed by atoms with Crippen molar-refractivity contribution in [2.24, 2.45) is 0 Å². The molecule has 0 aliphatic heterocycles. The van der Waals surface area contributed by atoms with Gasteiger partial charge in [0.05, 0.1) is 25.4 Å². The summed E-state index contributed by atoms with van der Waals surface area (Å²) in [6.45, 7) is 4.90. The van der Waals surface area contributed by atoms with E-state index < -0.39 is 12.1 Å². The second kappa shape index (κ2) is 52.0. The highest BCUT2D eigenvalue weighted by Gasteiger charge is 2.20. The number of ether oxygens (including phenoxy) is 1. The second-order valence-electron chi connectivity index (χ2n) is 18.9. The fraction of sp³-hybridized carbons (Fsp3) is 0.893. The fourth-order valence-corrected chi connectivity index (χ4v) is 8.49. The number of allylic oxidation sites excluding steroid dienone is 4. The number of nitrogens with one attached hydrogen (secondary N) is 1. The van der Waals surface area contributed by atoms with E-state index in [2.05, 4.69) is 43.5 Å². The highest BCUT2D eigenvalue weighted by Crippen LogP contribution is 2.17. The van der Waals surface area contributed by atoms with Crippen molar-refractivity contribution in [3.8, 4) is 0 Å². The molecule has 2 unspecified atom stereocenters. The van der Waals surface area contributed by atoms with Crippen molar-refractivity contribution < 1.29 is 24.5 Å². The van der Waals surface area contributed by atoms with Gasteiger partial charge in [-0.25, -0.2) is 0 Å². The first-order chi connectivity index (χ1) is 30.5. The summed E-state index contributed by atoms with van der Waals surface area (Å²) in [5.41, 5.74) is 0. The Kier molecular flexibility index (Phi) is 50.6. The van der Waals surface area contributed by atoms with Crippen LogP contribution in [0.2, 0.25) is 0 Å². The van der Waals surface area contributed by atoms with E-state index in [9.17, 15) is 19.8 Å². The number of amides is 1. The van der Waals surface area contributed by atoms with Crippen LogP contribution < -0.4 is 5.32 Å². The average Bonchev–Trinajstić information content (AvgIpc) is 3.27. The van der Waals surface area contributed by atoms with Crippen LogP contribution in [0.4, 0.5) is 0 Å². The van der Waals surface area contributed by atoms with Crippen LogP contribution in [0.5, 0.6) is 0 Å². The molecule has 2 atom stereocenters. The number of carbonyl (C=O) groups is 2. The normalized spacial score (nSPS) is 12.8. The third kappa shape index (κ3) is 47.8. The SMILES string of the molecule is CCCCC/C=C\C/C=C\CCCCCCCCCCCC(=O)OCCCCCCCCCCCCCCC(=O)NC(CO)C(O)CCCCCCCCCCCCCCCC. The van der Waals surface area contributed by atoms with Gasteiger partial charge in [-0.05, 0) is 57.8 Å². The lowest BCUT2D eigenvalue weighted by molar-refractivity contribution is -0.143. The molecular weight excluding hydrogens is 767 g/mol. The molecule has 0 bridgehead atoms. The molecule has 0 aromatic carbocycles. The van der Waals surface area contributed by atoms with Crippen LogP contribution in [-0.2, 0) is 14.3 Å². The Morgan fingerprint density at radius 2 is 0.806 bits per heavy atom. The fourth-order valence-electron chi connectivity index (χ4n) is 8.49. The zero-order valence-corrected chi connectivity index (χ0v) is 41.6. The molecule has 62 heavy (non-hydrogen) atoms. The summed E-state index contributed by atoms with van der Waals surface area (Å²) >= 11 is 0. The maximum Gasteiger partial charge on any atom is 0.305 e. The Labute approximate surface area is 386 Å². The van der Waals surface area contributed by atoms with Crippen molar-refractivity contribution in [1.29, 1.82) is 0 Å². The quantitative estimate of drug-likeness (QED) is 0.0321.